The van der Waals surface area contributed by atoms with Gasteiger partial charge in [0.15, 0.2) is 0 Å². The molecule has 1 N–H and O–H groups in total. The third-order valence-corrected chi connectivity index (χ3v) is 2.93. The highest BCUT2D eigenvalue weighted by molar-refractivity contribution is 5.65. The summed E-state index contributed by atoms with van der Waals surface area (Å²) >= 11 is 0. The Bertz CT molecular complexity index is 464. The number of aromatic amines is 1. The minimum absolute atomic E-state index is 0.669. The maximum absolute atomic E-state index is 4.01. The van der Waals surface area contributed by atoms with Crippen molar-refractivity contribution in [3.05, 3.63) is 29.8 Å². The van der Waals surface area contributed by atoms with Gasteiger partial charge in [-0.1, -0.05) is 13.8 Å². The molecule has 2 heterocycles. The van der Waals surface area contributed by atoms with Crippen LogP contribution in [0.3, 0.4) is 0 Å². The Morgan fingerprint density at radius 2 is 2.12 bits per heavy atom. The smallest absolute Gasteiger partial charge is 0.0566 e. The van der Waals surface area contributed by atoms with E-state index in [0.29, 0.717) is 5.92 Å². The van der Waals surface area contributed by atoms with Gasteiger partial charge in [-0.3, -0.25) is 5.10 Å². The van der Waals surface area contributed by atoms with Crippen molar-refractivity contribution in [2.45, 2.75) is 34.2 Å². The van der Waals surface area contributed by atoms with Gasteiger partial charge in [0.1, 0.15) is 0 Å². The zero-order valence-corrected chi connectivity index (χ0v) is 10.4. The summed E-state index contributed by atoms with van der Waals surface area (Å²) in [6.07, 6.45) is 3.82. The van der Waals surface area contributed by atoms with Crippen LogP contribution in [0.15, 0.2) is 18.5 Å². The molecule has 0 amide bonds. The van der Waals surface area contributed by atoms with Gasteiger partial charge in [0.05, 0.1) is 6.20 Å². The maximum Gasteiger partial charge on any atom is 0.0566 e. The molecule has 0 spiro atoms. The molecule has 86 valence electrons. The van der Waals surface area contributed by atoms with E-state index in [1.165, 1.54) is 22.5 Å². The highest BCUT2D eigenvalue weighted by Crippen LogP contribution is 2.26. The number of H-pyrrole nitrogens is 1. The summed E-state index contributed by atoms with van der Waals surface area (Å²) in [6, 6.07) is 2.24. The third-order valence-electron chi connectivity index (χ3n) is 2.93. The molecule has 3 heteroatoms. The van der Waals surface area contributed by atoms with Crippen molar-refractivity contribution in [1.29, 1.82) is 0 Å². The second-order valence-electron chi connectivity index (χ2n) is 4.78. The number of aromatic nitrogens is 3. The van der Waals surface area contributed by atoms with Crippen molar-refractivity contribution in [2.75, 3.05) is 0 Å². The Hall–Kier alpha value is -1.51. The molecule has 0 aliphatic rings. The minimum atomic E-state index is 0.669. The second-order valence-corrected chi connectivity index (χ2v) is 4.78. The van der Waals surface area contributed by atoms with E-state index in [9.17, 15) is 0 Å². The van der Waals surface area contributed by atoms with E-state index in [4.69, 9.17) is 0 Å². The molecule has 0 bridgehead atoms. The largest absolute Gasteiger partial charge is 0.348 e. The van der Waals surface area contributed by atoms with Crippen LogP contribution in [0.4, 0.5) is 0 Å². The molecule has 0 aliphatic carbocycles. The highest BCUT2D eigenvalue weighted by Gasteiger charge is 2.11. The monoisotopic (exact) mass is 217 g/mol. The standard InChI is InChI=1S/C13H19N3/c1-9(2)8-16-10(3)5-13(11(16)4)12-6-14-15-7-12/h5-7,9H,8H2,1-4H3,(H,14,15). The highest BCUT2D eigenvalue weighted by atomic mass is 15.1. The zero-order valence-electron chi connectivity index (χ0n) is 10.4. The quantitative estimate of drug-likeness (QED) is 0.841. The van der Waals surface area contributed by atoms with E-state index in [2.05, 4.69) is 48.5 Å². The van der Waals surface area contributed by atoms with Crippen LogP contribution in [0.1, 0.15) is 25.2 Å². The van der Waals surface area contributed by atoms with Gasteiger partial charge in [0, 0.05) is 35.3 Å². The average Bonchev–Trinajstić information content (AvgIpc) is 2.80. The molecule has 0 radical (unpaired) electrons. The van der Waals surface area contributed by atoms with Gasteiger partial charge in [-0.25, -0.2) is 0 Å². The molecular formula is C13H19N3. The Balaban J connectivity index is 2.43. The first-order valence-corrected chi connectivity index (χ1v) is 5.75. The van der Waals surface area contributed by atoms with E-state index in [0.717, 1.165) is 6.54 Å². The van der Waals surface area contributed by atoms with Crippen LogP contribution in [0.2, 0.25) is 0 Å². The molecule has 2 rings (SSSR count). The van der Waals surface area contributed by atoms with E-state index in [-0.39, 0.29) is 0 Å². The van der Waals surface area contributed by atoms with E-state index >= 15 is 0 Å². The predicted octanol–water partition coefficient (Wildman–Crippen LogP) is 3.15. The molecule has 0 saturated carbocycles. The lowest BCUT2D eigenvalue weighted by molar-refractivity contribution is 0.509. The van der Waals surface area contributed by atoms with Crippen LogP contribution >= 0.6 is 0 Å². The molecular weight excluding hydrogens is 198 g/mol. The van der Waals surface area contributed by atoms with Crippen LogP contribution in [0, 0.1) is 19.8 Å². The van der Waals surface area contributed by atoms with Gasteiger partial charge in [0.2, 0.25) is 0 Å². The maximum atomic E-state index is 4.01. The van der Waals surface area contributed by atoms with E-state index in [1.54, 1.807) is 0 Å². The van der Waals surface area contributed by atoms with Gasteiger partial charge < -0.3 is 4.57 Å². The normalized spacial score (nSPS) is 11.3. The lowest BCUT2D eigenvalue weighted by Crippen LogP contribution is -2.07. The molecule has 0 fully saturated rings. The Morgan fingerprint density at radius 1 is 1.38 bits per heavy atom. The molecule has 0 aliphatic heterocycles. The Morgan fingerprint density at radius 3 is 2.69 bits per heavy atom. The molecule has 2 aromatic rings. The minimum Gasteiger partial charge on any atom is -0.348 e. The fourth-order valence-corrected chi connectivity index (χ4v) is 2.14. The summed E-state index contributed by atoms with van der Waals surface area (Å²) in [7, 11) is 0. The van der Waals surface area contributed by atoms with Gasteiger partial charge >= 0.3 is 0 Å². The van der Waals surface area contributed by atoms with Gasteiger partial charge in [-0.15, -0.1) is 0 Å². The first-order valence-electron chi connectivity index (χ1n) is 5.75. The molecule has 2 aromatic heterocycles. The number of rotatable bonds is 3. The molecule has 0 saturated heterocycles. The fourth-order valence-electron chi connectivity index (χ4n) is 2.14. The van der Waals surface area contributed by atoms with Crippen molar-refractivity contribution in [2.24, 2.45) is 5.92 Å². The zero-order chi connectivity index (χ0) is 11.7. The molecule has 3 nitrogen and oxygen atoms in total. The van der Waals surface area contributed by atoms with Gasteiger partial charge in [-0.05, 0) is 25.8 Å². The first-order chi connectivity index (χ1) is 7.59. The summed E-state index contributed by atoms with van der Waals surface area (Å²) in [6.45, 7) is 9.92. The Labute approximate surface area is 96.5 Å². The van der Waals surface area contributed by atoms with Crippen LogP contribution in [-0.4, -0.2) is 14.8 Å². The first kappa shape index (κ1) is 11.0. The Kier molecular flexibility index (Phi) is 2.86. The van der Waals surface area contributed by atoms with Crippen LogP contribution < -0.4 is 0 Å². The summed E-state index contributed by atoms with van der Waals surface area (Å²) in [5.41, 5.74) is 5.10. The van der Waals surface area contributed by atoms with Crippen molar-refractivity contribution in [1.82, 2.24) is 14.8 Å². The summed E-state index contributed by atoms with van der Waals surface area (Å²) in [5.74, 6) is 0.669. The van der Waals surface area contributed by atoms with E-state index < -0.39 is 0 Å². The topological polar surface area (TPSA) is 33.6 Å². The second kappa shape index (κ2) is 4.16. The van der Waals surface area contributed by atoms with Gasteiger partial charge in [0.25, 0.3) is 0 Å². The predicted molar refractivity (Wildman–Crippen MR) is 66.3 cm³/mol. The van der Waals surface area contributed by atoms with Crippen molar-refractivity contribution in [3.8, 4) is 11.1 Å². The third kappa shape index (κ3) is 1.90. The molecule has 16 heavy (non-hydrogen) atoms. The SMILES string of the molecule is Cc1cc(-c2cn[nH]c2)c(C)n1CC(C)C. The van der Waals surface area contributed by atoms with E-state index in [1.807, 2.05) is 12.4 Å². The molecule has 0 aromatic carbocycles. The van der Waals surface area contributed by atoms with Crippen molar-refractivity contribution < 1.29 is 0 Å². The number of aryl methyl sites for hydroxylation is 1. The summed E-state index contributed by atoms with van der Waals surface area (Å²) in [4.78, 5) is 0. The van der Waals surface area contributed by atoms with Crippen molar-refractivity contribution in [3.63, 3.8) is 0 Å². The lowest BCUT2D eigenvalue weighted by Gasteiger charge is -2.12. The number of hydrogen-bond acceptors (Lipinski definition) is 1. The van der Waals surface area contributed by atoms with Crippen molar-refractivity contribution >= 4 is 0 Å². The number of nitrogens with zero attached hydrogens (tertiary/aromatic N) is 2. The fraction of sp³-hybridized carbons (Fsp3) is 0.462. The van der Waals surface area contributed by atoms with Gasteiger partial charge in [-0.2, -0.15) is 5.10 Å². The summed E-state index contributed by atoms with van der Waals surface area (Å²) < 4.78 is 2.38. The van der Waals surface area contributed by atoms with Crippen LogP contribution in [0.25, 0.3) is 11.1 Å². The number of hydrogen-bond donors (Lipinski definition) is 1. The number of nitrogens with one attached hydrogen (secondary N) is 1. The molecule has 0 atom stereocenters. The molecule has 0 unspecified atom stereocenters. The lowest BCUT2D eigenvalue weighted by atomic mass is 10.1. The van der Waals surface area contributed by atoms with Crippen LogP contribution in [0.5, 0.6) is 0 Å². The average molecular weight is 217 g/mol. The van der Waals surface area contributed by atoms with Crippen LogP contribution in [-0.2, 0) is 6.54 Å². The summed E-state index contributed by atoms with van der Waals surface area (Å²) in [5, 5.41) is 6.87.